The molecule has 0 spiro atoms. The van der Waals surface area contributed by atoms with E-state index in [1.54, 1.807) is 6.20 Å². The average molecular weight is 251 g/mol. The molecule has 0 saturated heterocycles. The number of hydrogen-bond acceptors (Lipinski definition) is 6. The summed E-state index contributed by atoms with van der Waals surface area (Å²) in [5.74, 6) is -0.398. The summed E-state index contributed by atoms with van der Waals surface area (Å²) >= 11 is 1.18. The van der Waals surface area contributed by atoms with Crippen LogP contribution in [-0.2, 0) is 9.53 Å². The number of esters is 1. The molecule has 0 bridgehead atoms. The number of nitrogens with two attached hydrogens (primary N) is 1. The number of para-hydroxylation sites is 1. The van der Waals surface area contributed by atoms with E-state index in [-0.39, 0.29) is 0 Å². The molecule has 0 aliphatic carbocycles. The maximum atomic E-state index is 11.3. The third-order valence-electron chi connectivity index (χ3n) is 2.18. The Bertz CT molecular complexity index is 449. The molecule has 1 heterocycles. The predicted molar refractivity (Wildman–Crippen MR) is 67.8 cm³/mol. The number of carbonyl (C=O) groups excluding carboxylic acids is 1. The Labute approximate surface area is 103 Å². The molecule has 0 saturated carbocycles. The number of hydrogen-bond donors (Lipinski definition) is 3. The highest BCUT2D eigenvalue weighted by Crippen LogP contribution is 2.32. The van der Waals surface area contributed by atoms with Crippen LogP contribution in [0, 0.1) is 0 Å². The molecular formula is C11H13N3O2S. The van der Waals surface area contributed by atoms with Gasteiger partial charge in [-0.25, -0.2) is 4.79 Å². The van der Waals surface area contributed by atoms with Crippen molar-refractivity contribution in [2.45, 2.75) is 5.12 Å². The van der Waals surface area contributed by atoms with Gasteiger partial charge in [0.25, 0.3) is 0 Å². The first kappa shape index (κ1) is 11.8. The standard InChI is InChI=1S/C11H13N3O2S/c1-16-10(15)9-7-13-11(12,17-9)14-8-5-3-2-4-6-8/h2-7,13-14H,12H2,1H3. The molecule has 1 aliphatic rings. The number of nitrogens with one attached hydrogen (secondary N) is 2. The normalized spacial score (nSPS) is 22.6. The highest BCUT2D eigenvalue weighted by Gasteiger charge is 2.34. The molecule has 1 aromatic rings. The zero-order valence-corrected chi connectivity index (χ0v) is 10.1. The minimum absolute atomic E-state index is 0.398. The fourth-order valence-corrected chi connectivity index (χ4v) is 2.32. The lowest BCUT2D eigenvalue weighted by Gasteiger charge is -2.26. The minimum atomic E-state index is -0.926. The smallest absolute Gasteiger partial charge is 0.346 e. The minimum Gasteiger partial charge on any atom is -0.465 e. The number of anilines is 1. The molecule has 1 aromatic carbocycles. The van der Waals surface area contributed by atoms with E-state index in [1.807, 2.05) is 30.3 Å². The molecule has 2 rings (SSSR count). The summed E-state index contributed by atoms with van der Waals surface area (Å²) in [5.41, 5.74) is 6.92. The van der Waals surface area contributed by atoms with Gasteiger partial charge in [-0.15, -0.1) is 0 Å². The highest BCUT2D eigenvalue weighted by molar-refractivity contribution is 8.05. The summed E-state index contributed by atoms with van der Waals surface area (Å²) in [7, 11) is 1.34. The van der Waals surface area contributed by atoms with Crippen LogP contribution >= 0.6 is 11.8 Å². The number of methoxy groups -OCH3 is 1. The van der Waals surface area contributed by atoms with Gasteiger partial charge in [0, 0.05) is 11.9 Å². The van der Waals surface area contributed by atoms with Crippen LogP contribution in [0.15, 0.2) is 41.4 Å². The molecule has 1 atom stereocenters. The van der Waals surface area contributed by atoms with Gasteiger partial charge in [0.05, 0.1) is 7.11 Å². The summed E-state index contributed by atoms with van der Waals surface area (Å²) in [5, 5.41) is 5.08. The van der Waals surface area contributed by atoms with E-state index in [1.165, 1.54) is 18.9 Å². The van der Waals surface area contributed by atoms with Crippen molar-refractivity contribution in [3.05, 3.63) is 41.4 Å². The number of rotatable bonds is 3. The van der Waals surface area contributed by atoms with Crippen molar-refractivity contribution >= 4 is 23.4 Å². The number of thioether (sulfide) groups is 1. The van der Waals surface area contributed by atoms with E-state index < -0.39 is 11.1 Å². The molecule has 1 aliphatic heterocycles. The van der Waals surface area contributed by atoms with Crippen LogP contribution in [0.3, 0.4) is 0 Å². The highest BCUT2D eigenvalue weighted by atomic mass is 32.2. The molecule has 5 nitrogen and oxygen atoms in total. The van der Waals surface area contributed by atoms with Gasteiger partial charge in [-0.3, -0.25) is 5.73 Å². The summed E-state index contributed by atoms with van der Waals surface area (Å²) in [6.45, 7) is 0. The fourth-order valence-electron chi connectivity index (χ4n) is 1.40. The van der Waals surface area contributed by atoms with Crippen LogP contribution in [0.2, 0.25) is 0 Å². The van der Waals surface area contributed by atoms with Crippen molar-refractivity contribution in [3.63, 3.8) is 0 Å². The van der Waals surface area contributed by atoms with Gasteiger partial charge in [0.1, 0.15) is 4.91 Å². The number of ether oxygens (including phenoxy) is 1. The van der Waals surface area contributed by atoms with E-state index in [4.69, 9.17) is 5.73 Å². The molecule has 1 unspecified atom stereocenters. The van der Waals surface area contributed by atoms with Crippen molar-refractivity contribution in [1.82, 2.24) is 5.32 Å². The van der Waals surface area contributed by atoms with E-state index in [9.17, 15) is 4.79 Å². The van der Waals surface area contributed by atoms with Crippen molar-refractivity contribution in [1.29, 1.82) is 0 Å². The van der Waals surface area contributed by atoms with Gasteiger partial charge in [-0.05, 0) is 12.1 Å². The Morgan fingerprint density at radius 2 is 2.18 bits per heavy atom. The lowest BCUT2D eigenvalue weighted by molar-refractivity contribution is -0.135. The molecule has 4 N–H and O–H groups in total. The van der Waals surface area contributed by atoms with Gasteiger partial charge in [0.2, 0.25) is 5.12 Å². The van der Waals surface area contributed by atoms with Crippen LogP contribution in [0.25, 0.3) is 0 Å². The lowest BCUT2D eigenvalue weighted by Crippen LogP contribution is -2.52. The number of benzene rings is 1. The van der Waals surface area contributed by atoms with Crippen molar-refractivity contribution < 1.29 is 9.53 Å². The Hall–Kier alpha value is -1.66. The second-order valence-corrected chi connectivity index (χ2v) is 4.76. The van der Waals surface area contributed by atoms with E-state index >= 15 is 0 Å². The molecule has 6 heteroatoms. The maximum absolute atomic E-state index is 11.3. The predicted octanol–water partition coefficient (Wildman–Crippen LogP) is 1.02. The molecule has 0 aromatic heterocycles. The van der Waals surface area contributed by atoms with Crippen LogP contribution in [-0.4, -0.2) is 18.2 Å². The first-order valence-electron chi connectivity index (χ1n) is 5.00. The Balaban J connectivity index is 2.02. The van der Waals surface area contributed by atoms with Crippen LogP contribution in [0.5, 0.6) is 0 Å². The average Bonchev–Trinajstić information content (AvgIpc) is 2.72. The van der Waals surface area contributed by atoms with Crippen LogP contribution in [0.4, 0.5) is 5.69 Å². The van der Waals surface area contributed by atoms with E-state index in [0.717, 1.165) is 5.69 Å². The third-order valence-corrected chi connectivity index (χ3v) is 3.23. The molecule has 0 radical (unpaired) electrons. The van der Waals surface area contributed by atoms with Crippen molar-refractivity contribution in [2.24, 2.45) is 5.73 Å². The Morgan fingerprint density at radius 1 is 1.47 bits per heavy atom. The monoisotopic (exact) mass is 251 g/mol. The van der Waals surface area contributed by atoms with Crippen molar-refractivity contribution in [3.8, 4) is 0 Å². The summed E-state index contributed by atoms with van der Waals surface area (Å²) < 4.78 is 4.63. The summed E-state index contributed by atoms with van der Waals surface area (Å²) in [4.78, 5) is 11.8. The topological polar surface area (TPSA) is 76.4 Å². The Morgan fingerprint density at radius 3 is 2.82 bits per heavy atom. The first-order chi connectivity index (χ1) is 8.13. The summed E-state index contributed by atoms with van der Waals surface area (Å²) in [6.07, 6.45) is 1.55. The molecular weight excluding hydrogens is 238 g/mol. The van der Waals surface area contributed by atoms with Crippen LogP contribution in [0.1, 0.15) is 0 Å². The third kappa shape index (κ3) is 2.72. The Kier molecular flexibility index (Phi) is 3.26. The van der Waals surface area contributed by atoms with E-state index in [0.29, 0.717) is 4.91 Å². The van der Waals surface area contributed by atoms with E-state index in [2.05, 4.69) is 15.4 Å². The van der Waals surface area contributed by atoms with Gasteiger partial charge in [-0.2, -0.15) is 0 Å². The van der Waals surface area contributed by atoms with Gasteiger partial charge in [0.15, 0.2) is 0 Å². The zero-order valence-electron chi connectivity index (χ0n) is 9.27. The maximum Gasteiger partial charge on any atom is 0.346 e. The zero-order chi connectivity index (χ0) is 12.3. The van der Waals surface area contributed by atoms with Crippen molar-refractivity contribution in [2.75, 3.05) is 12.4 Å². The summed E-state index contributed by atoms with van der Waals surface area (Å²) in [6, 6.07) is 9.52. The molecule has 0 fully saturated rings. The number of carbonyl (C=O) groups is 1. The molecule has 90 valence electrons. The first-order valence-corrected chi connectivity index (χ1v) is 5.82. The lowest BCUT2D eigenvalue weighted by atomic mass is 10.3. The second kappa shape index (κ2) is 4.68. The van der Waals surface area contributed by atoms with Crippen LogP contribution < -0.4 is 16.4 Å². The van der Waals surface area contributed by atoms with Gasteiger partial charge < -0.3 is 15.4 Å². The fraction of sp³-hybridized carbons (Fsp3) is 0.182. The van der Waals surface area contributed by atoms with Gasteiger partial charge >= 0.3 is 5.97 Å². The molecule has 17 heavy (non-hydrogen) atoms. The quantitative estimate of drug-likeness (QED) is 0.550. The second-order valence-electron chi connectivity index (χ2n) is 3.47. The largest absolute Gasteiger partial charge is 0.465 e. The molecule has 0 amide bonds. The SMILES string of the molecule is COC(=O)C1=CNC(N)(Nc2ccccc2)S1. The van der Waals surface area contributed by atoms with Gasteiger partial charge in [-0.1, -0.05) is 30.0 Å².